The normalized spacial score (nSPS) is 13.9. The Morgan fingerprint density at radius 1 is 0.410 bits per heavy atom. The fraction of sp³-hybridized carbons (Fsp3) is 0.0370. The van der Waals surface area contributed by atoms with Crippen LogP contribution in [0.4, 0.5) is 0 Å². The Bertz CT molecular complexity index is 3500. The van der Waals surface area contributed by atoms with E-state index in [1.165, 1.54) is 10.8 Å². The number of benzene rings is 7. The van der Waals surface area contributed by atoms with Crippen LogP contribution in [0, 0.1) is 0 Å². The zero-order chi connectivity index (χ0) is 40.3. The molecule has 7 aromatic carbocycles. The van der Waals surface area contributed by atoms with Gasteiger partial charge in [0.15, 0.2) is 11.6 Å². The van der Waals surface area contributed by atoms with Crippen molar-refractivity contribution in [3.05, 3.63) is 212 Å². The van der Waals surface area contributed by atoms with Crippen LogP contribution in [0.3, 0.4) is 0 Å². The highest BCUT2D eigenvalue weighted by Gasteiger charge is 2.23. The van der Waals surface area contributed by atoms with E-state index in [9.17, 15) is 0 Å². The predicted octanol–water partition coefficient (Wildman–Crippen LogP) is 12.9. The highest BCUT2D eigenvalue weighted by atomic mass is 15.3. The quantitative estimate of drug-likeness (QED) is 0.161. The van der Waals surface area contributed by atoms with Gasteiger partial charge < -0.3 is 4.57 Å². The lowest BCUT2D eigenvalue weighted by atomic mass is 9.96. The van der Waals surface area contributed by atoms with E-state index >= 15 is 0 Å². The van der Waals surface area contributed by atoms with E-state index in [0.29, 0.717) is 5.95 Å². The third-order valence-corrected chi connectivity index (χ3v) is 11.9. The van der Waals surface area contributed by atoms with Crippen molar-refractivity contribution in [2.45, 2.75) is 12.3 Å². The van der Waals surface area contributed by atoms with Gasteiger partial charge in [-0.3, -0.25) is 9.13 Å². The SMILES string of the molecule is C1=CCC(c2cc(-c3ccccc3)nc(-n3c4ccccc4c4ccc(-c5nnc(-c6ccc7c8ccccc8n(-c8ccccc8)c7c6)n5-c5ccccc5)cc43)n2)C=C1. The van der Waals surface area contributed by atoms with Gasteiger partial charge in [-0.25, -0.2) is 9.97 Å². The summed E-state index contributed by atoms with van der Waals surface area (Å²) in [6.45, 7) is 0. The smallest absolute Gasteiger partial charge is 0.235 e. The molecule has 0 radical (unpaired) electrons. The van der Waals surface area contributed by atoms with Gasteiger partial charge in [0.05, 0.1) is 33.5 Å². The molecule has 288 valence electrons. The molecular weight excluding hydrogens is 747 g/mol. The van der Waals surface area contributed by atoms with Crippen LogP contribution < -0.4 is 0 Å². The number of fused-ring (bicyclic) bond motifs is 6. The largest absolute Gasteiger partial charge is 0.309 e. The monoisotopic (exact) mass is 783 g/mol. The lowest BCUT2D eigenvalue weighted by Gasteiger charge is -2.16. The van der Waals surface area contributed by atoms with Crippen molar-refractivity contribution in [3.63, 3.8) is 0 Å². The van der Waals surface area contributed by atoms with Crippen molar-refractivity contribution in [3.8, 4) is 51.4 Å². The zero-order valence-electron chi connectivity index (χ0n) is 33.0. The summed E-state index contributed by atoms with van der Waals surface area (Å²) in [5.41, 5.74) is 11.2. The van der Waals surface area contributed by atoms with Crippen molar-refractivity contribution < 1.29 is 0 Å². The van der Waals surface area contributed by atoms with Crippen LogP contribution in [0.15, 0.2) is 206 Å². The number of nitrogens with zero attached hydrogens (tertiary/aromatic N) is 7. The molecule has 1 aliphatic carbocycles. The number of aromatic nitrogens is 7. The van der Waals surface area contributed by atoms with Gasteiger partial charge in [0, 0.05) is 55.5 Å². The van der Waals surface area contributed by atoms with Crippen LogP contribution >= 0.6 is 0 Å². The first-order valence-electron chi connectivity index (χ1n) is 20.7. The van der Waals surface area contributed by atoms with Crippen molar-refractivity contribution in [1.29, 1.82) is 0 Å². The van der Waals surface area contributed by atoms with Gasteiger partial charge in [-0.1, -0.05) is 152 Å². The van der Waals surface area contributed by atoms with Crippen LogP contribution in [-0.2, 0) is 0 Å². The van der Waals surface area contributed by atoms with Crippen LogP contribution in [0.5, 0.6) is 0 Å². The van der Waals surface area contributed by atoms with Gasteiger partial charge in [0.1, 0.15) is 0 Å². The number of hydrogen-bond donors (Lipinski definition) is 0. The average molecular weight is 784 g/mol. The van der Waals surface area contributed by atoms with E-state index in [1.807, 2.05) is 12.1 Å². The third kappa shape index (κ3) is 5.81. The van der Waals surface area contributed by atoms with Crippen molar-refractivity contribution in [1.82, 2.24) is 33.9 Å². The molecule has 1 aliphatic rings. The van der Waals surface area contributed by atoms with E-state index in [-0.39, 0.29) is 5.92 Å². The third-order valence-electron chi connectivity index (χ3n) is 11.9. The molecule has 61 heavy (non-hydrogen) atoms. The van der Waals surface area contributed by atoms with Gasteiger partial charge in [-0.05, 0) is 61.0 Å². The molecule has 0 spiro atoms. The average Bonchev–Trinajstić information content (AvgIpc) is 4.03. The highest BCUT2D eigenvalue weighted by Crippen LogP contribution is 2.39. The van der Waals surface area contributed by atoms with E-state index < -0.39 is 0 Å². The fourth-order valence-corrected chi connectivity index (χ4v) is 9.07. The van der Waals surface area contributed by atoms with E-state index in [1.54, 1.807) is 0 Å². The maximum Gasteiger partial charge on any atom is 0.235 e. The zero-order valence-corrected chi connectivity index (χ0v) is 33.0. The number of allylic oxidation sites excluding steroid dienone is 4. The molecule has 11 aromatic rings. The van der Waals surface area contributed by atoms with Gasteiger partial charge in [-0.2, -0.15) is 0 Å². The summed E-state index contributed by atoms with van der Waals surface area (Å²) in [5, 5.41) is 14.6. The first kappa shape index (κ1) is 34.8. The number of hydrogen-bond acceptors (Lipinski definition) is 4. The standard InChI is InChI=1S/C54H37N7/c1-5-17-36(18-6-1)46-35-47(37-19-7-2-8-20-37)56-54(55-46)61-49-28-16-14-26-43(49)45-32-30-39(34-51(45)61)53-58-57-52(60(53)41-23-11-4-12-24-41)38-29-31-44-42-25-13-15-27-48(42)59(50(44)33-38)40-21-9-3-10-22-40/h1-19,21-35,37H,20H2. The summed E-state index contributed by atoms with van der Waals surface area (Å²) >= 11 is 0. The molecule has 0 saturated carbocycles. The Morgan fingerprint density at radius 2 is 0.934 bits per heavy atom. The maximum absolute atomic E-state index is 5.34. The Labute approximate surface area is 351 Å². The second-order valence-electron chi connectivity index (χ2n) is 15.5. The lowest BCUT2D eigenvalue weighted by Crippen LogP contribution is -2.08. The molecule has 1 atom stereocenters. The fourth-order valence-electron chi connectivity index (χ4n) is 9.07. The predicted molar refractivity (Wildman–Crippen MR) is 248 cm³/mol. The minimum Gasteiger partial charge on any atom is -0.309 e. The molecular formula is C54H37N7. The Balaban J connectivity index is 1.07. The summed E-state index contributed by atoms with van der Waals surface area (Å²) in [6, 6.07) is 63.8. The number of rotatable bonds is 7. The summed E-state index contributed by atoms with van der Waals surface area (Å²) in [4.78, 5) is 10.6. The molecule has 0 aliphatic heterocycles. The highest BCUT2D eigenvalue weighted by molar-refractivity contribution is 6.11. The minimum atomic E-state index is 0.147. The summed E-state index contributed by atoms with van der Waals surface area (Å²) in [5.74, 6) is 2.28. The van der Waals surface area contributed by atoms with Crippen molar-refractivity contribution in [2.24, 2.45) is 0 Å². The second-order valence-corrected chi connectivity index (χ2v) is 15.5. The van der Waals surface area contributed by atoms with Crippen molar-refractivity contribution >= 4 is 43.6 Å². The maximum atomic E-state index is 5.34. The molecule has 7 nitrogen and oxygen atoms in total. The van der Waals surface area contributed by atoms with E-state index in [2.05, 4.69) is 208 Å². The summed E-state index contributed by atoms with van der Waals surface area (Å²) < 4.78 is 6.73. The topological polar surface area (TPSA) is 66.3 Å². The Morgan fingerprint density at radius 3 is 1.54 bits per heavy atom. The molecule has 12 rings (SSSR count). The van der Waals surface area contributed by atoms with Crippen LogP contribution in [0.2, 0.25) is 0 Å². The lowest BCUT2D eigenvalue weighted by molar-refractivity contribution is 0.797. The summed E-state index contributed by atoms with van der Waals surface area (Å²) in [6.07, 6.45) is 9.55. The number of para-hydroxylation sites is 4. The van der Waals surface area contributed by atoms with Gasteiger partial charge in [-0.15, -0.1) is 10.2 Å². The van der Waals surface area contributed by atoms with Gasteiger partial charge in [0.2, 0.25) is 5.95 Å². The van der Waals surface area contributed by atoms with Crippen LogP contribution in [-0.4, -0.2) is 33.9 Å². The second kappa shape index (κ2) is 14.3. The van der Waals surface area contributed by atoms with E-state index in [4.69, 9.17) is 20.2 Å². The van der Waals surface area contributed by atoms with Gasteiger partial charge >= 0.3 is 0 Å². The van der Waals surface area contributed by atoms with E-state index in [0.717, 1.165) is 90.4 Å². The van der Waals surface area contributed by atoms with Crippen LogP contribution in [0.1, 0.15) is 18.0 Å². The molecule has 0 amide bonds. The van der Waals surface area contributed by atoms with Crippen molar-refractivity contribution in [2.75, 3.05) is 0 Å². The summed E-state index contributed by atoms with van der Waals surface area (Å²) in [7, 11) is 0. The first-order valence-corrected chi connectivity index (χ1v) is 20.7. The first-order chi connectivity index (χ1) is 30.3. The molecule has 4 heterocycles. The molecule has 1 unspecified atom stereocenters. The molecule has 0 bridgehead atoms. The molecule has 0 saturated heterocycles. The van der Waals surface area contributed by atoms with Crippen LogP contribution in [0.25, 0.3) is 95.0 Å². The molecule has 0 N–H and O–H groups in total. The Hall–Kier alpha value is -8.16. The van der Waals surface area contributed by atoms with Gasteiger partial charge in [0.25, 0.3) is 0 Å². The Kier molecular flexibility index (Phi) is 8.16. The minimum absolute atomic E-state index is 0.147. The molecule has 7 heteroatoms. The molecule has 4 aromatic heterocycles. The molecule has 0 fully saturated rings.